The van der Waals surface area contributed by atoms with Crippen molar-refractivity contribution in [2.24, 2.45) is 5.92 Å². The third-order valence-corrected chi connectivity index (χ3v) is 8.27. The Morgan fingerprint density at radius 2 is 2.10 bits per heavy atom. The van der Waals surface area contributed by atoms with Crippen molar-refractivity contribution in [2.75, 3.05) is 12.4 Å². The number of nitrogens with one attached hydrogen (secondary N) is 3. The number of rotatable bonds is 7. The Hall–Kier alpha value is -2.30. The number of fused-ring (bicyclic) bond motifs is 1. The van der Waals surface area contributed by atoms with Gasteiger partial charge in [0.1, 0.15) is 11.9 Å². The van der Waals surface area contributed by atoms with Crippen molar-refractivity contribution < 1.29 is 13.2 Å². The molecule has 1 aliphatic heterocycles. The van der Waals surface area contributed by atoms with Crippen LogP contribution in [0.15, 0.2) is 34.7 Å². The molecule has 1 unspecified atom stereocenters. The van der Waals surface area contributed by atoms with Crippen LogP contribution in [0.3, 0.4) is 0 Å². The van der Waals surface area contributed by atoms with Gasteiger partial charge < -0.3 is 10.2 Å². The molecule has 1 aliphatic carbocycles. The van der Waals surface area contributed by atoms with Crippen LogP contribution in [-0.2, 0) is 21.4 Å². The van der Waals surface area contributed by atoms with E-state index in [4.69, 9.17) is 5.41 Å². The summed E-state index contributed by atoms with van der Waals surface area (Å²) in [4.78, 5) is 19.3. The fourth-order valence-corrected chi connectivity index (χ4v) is 5.76. The topological polar surface area (TPSA) is 115 Å². The first-order chi connectivity index (χ1) is 14.9. The minimum absolute atomic E-state index is 0.122. The molecular formula is C21H27N5O3S2. The molecule has 10 heteroatoms. The minimum atomic E-state index is -3.61. The Labute approximate surface area is 186 Å². The van der Waals surface area contributed by atoms with E-state index in [9.17, 15) is 13.2 Å². The maximum atomic E-state index is 13.3. The van der Waals surface area contributed by atoms with E-state index in [1.807, 2.05) is 5.38 Å². The predicted octanol–water partition coefficient (Wildman–Crippen LogP) is 3.17. The summed E-state index contributed by atoms with van der Waals surface area (Å²) in [6.45, 7) is 0.413. The van der Waals surface area contributed by atoms with Gasteiger partial charge >= 0.3 is 0 Å². The van der Waals surface area contributed by atoms with Gasteiger partial charge in [-0.15, -0.1) is 11.3 Å². The molecule has 166 valence electrons. The first-order valence-electron chi connectivity index (χ1n) is 10.5. The maximum Gasteiger partial charge on any atom is 0.248 e. The number of sulfonamides is 1. The van der Waals surface area contributed by atoms with Gasteiger partial charge in [-0.05, 0) is 37.1 Å². The highest BCUT2D eigenvalue weighted by molar-refractivity contribution is 7.89. The lowest BCUT2D eigenvalue weighted by atomic mass is 9.84. The molecule has 0 radical (unpaired) electrons. The SMILES string of the molecule is CNS(=O)(=O)c1ccc2c(c1)C(=N)N(C(CC1CCCCC1)C(=O)Nc1nccs1)C2. The zero-order chi connectivity index (χ0) is 22.0. The van der Waals surface area contributed by atoms with E-state index in [0.29, 0.717) is 29.6 Å². The number of aromatic nitrogens is 1. The van der Waals surface area contributed by atoms with Gasteiger partial charge in [-0.3, -0.25) is 10.2 Å². The van der Waals surface area contributed by atoms with E-state index in [0.717, 1.165) is 18.4 Å². The van der Waals surface area contributed by atoms with Gasteiger partial charge in [-0.1, -0.05) is 38.2 Å². The van der Waals surface area contributed by atoms with Crippen molar-refractivity contribution in [3.63, 3.8) is 0 Å². The molecule has 3 N–H and O–H groups in total. The van der Waals surface area contributed by atoms with Crippen molar-refractivity contribution in [3.8, 4) is 0 Å². The van der Waals surface area contributed by atoms with E-state index in [2.05, 4.69) is 15.0 Å². The third kappa shape index (κ3) is 4.65. The van der Waals surface area contributed by atoms with Crippen molar-refractivity contribution in [1.29, 1.82) is 5.41 Å². The lowest BCUT2D eigenvalue weighted by molar-refractivity contribution is -0.120. The summed E-state index contributed by atoms with van der Waals surface area (Å²) in [5.41, 5.74) is 1.42. The van der Waals surface area contributed by atoms with Crippen LogP contribution in [-0.4, -0.2) is 43.1 Å². The molecule has 2 heterocycles. The molecule has 1 aromatic heterocycles. The molecule has 0 saturated heterocycles. The van der Waals surface area contributed by atoms with E-state index in [1.54, 1.807) is 23.2 Å². The number of carbonyl (C=O) groups excluding carboxylic acids is 1. The number of thiazole rings is 1. The third-order valence-electron chi connectivity index (χ3n) is 6.17. The lowest BCUT2D eigenvalue weighted by Crippen LogP contribution is -2.45. The van der Waals surface area contributed by atoms with Crippen molar-refractivity contribution in [2.45, 2.75) is 56.0 Å². The molecule has 2 aliphatic rings. The van der Waals surface area contributed by atoms with Crippen molar-refractivity contribution in [1.82, 2.24) is 14.6 Å². The molecule has 1 fully saturated rings. The number of hydrogen-bond acceptors (Lipinski definition) is 6. The van der Waals surface area contributed by atoms with Crippen LogP contribution in [0, 0.1) is 11.3 Å². The van der Waals surface area contributed by atoms with Crippen LogP contribution in [0.1, 0.15) is 49.7 Å². The first kappa shape index (κ1) is 21.9. The summed E-state index contributed by atoms with van der Waals surface area (Å²) in [5.74, 6) is 0.469. The Morgan fingerprint density at radius 3 is 2.77 bits per heavy atom. The summed E-state index contributed by atoms with van der Waals surface area (Å²) in [7, 11) is -2.24. The second-order valence-electron chi connectivity index (χ2n) is 8.09. The van der Waals surface area contributed by atoms with E-state index < -0.39 is 16.1 Å². The van der Waals surface area contributed by atoms with Gasteiger partial charge in [-0.25, -0.2) is 18.1 Å². The number of benzene rings is 1. The molecular weight excluding hydrogens is 434 g/mol. The predicted molar refractivity (Wildman–Crippen MR) is 121 cm³/mol. The van der Waals surface area contributed by atoms with Crippen LogP contribution in [0.25, 0.3) is 0 Å². The molecule has 31 heavy (non-hydrogen) atoms. The Balaban J connectivity index is 1.60. The molecule has 1 amide bonds. The normalized spacial score (nSPS) is 18.1. The summed E-state index contributed by atoms with van der Waals surface area (Å²) in [5, 5.41) is 14.0. The van der Waals surface area contributed by atoms with E-state index >= 15 is 0 Å². The van der Waals surface area contributed by atoms with Crippen LogP contribution in [0.4, 0.5) is 5.13 Å². The van der Waals surface area contributed by atoms with E-state index in [1.165, 1.54) is 43.7 Å². The Kier molecular flexibility index (Phi) is 6.40. The van der Waals surface area contributed by atoms with Crippen LogP contribution in [0.5, 0.6) is 0 Å². The molecule has 1 aromatic carbocycles. The maximum absolute atomic E-state index is 13.3. The quantitative estimate of drug-likeness (QED) is 0.586. The fourth-order valence-electron chi connectivity index (χ4n) is 4.47. The number of anilines is 1. The van der Waals surface area contributed by atoms with Gasteiger partial charge in [0, 0.05) is 23.7 Å². The standard InChI is InChI=1S/C21H27N5O3S2/c1-23-31(28,29)16-8-7-15-13-26(19(22)17(15)12-16)18(11-14-5-3-2-4-6-14)20(27)25-21-24-9-10-30-21/h7-10,12,14,18,22-23H,2-6,11,13H2,1H3,(H,24,25,27). The highest BCUT2D eigenvalue weighted by atomic mass is 32.2. The average molecular weight is 462 g/mol. The highest BCUT2D eigenvalue weighted by Gasteiger charge is 2.36. The number of amidine groups is 1. The zero-order valence-electron chi connectivity index (χ0n) is 17.4. The highest BCUT2D eigenvalue weighted by Crippen LogP contribution is 2.33. The monoisotopic (exact) mass is 461 g/mol. The van der Waals surface area contributed by atoms with Gasteiger partial charge in [-0.2, -0.15) is 0 Å². The van der Waals surface area contributed by atoms with Gasteiger partial charge in [0.15, 0.2) is 5.13 Å². The molecule has 0 bridgehead atoms. The number of amides is 1. The van der Waals surface area contributed by atoms with Crippen LogP contribution < -0.4 is 10.0 Å². The van der Waals surface area contributed by atoms with Crippen LogP contribution in [0.2, 0.25) is 0 Å². The average Bonchev–Trinajstić information content (AvgIpc) is 3.40. The summed E-state index contributed by atoms with van der Waals surface area (Å²) in [6.07, 6.45) is 8.10. The molecule has 1 saturated carbocycles. The lowest BCUT2D eigenvalue weighted by Gasteiger charge is -2.32. The van der Waals surface area contributed by atoms with Gasteiger partial charge in [0.2, 0.25) is 15.9 Å². The fraction of sp³-hybridized carbons (Fsp3) is 0.476. The minimum Gasteiger partial charge on any atom is -0.340 e. The second kappa shape index (κ2) is 9.05. The number of hydrogen-bond donors (Lipinski definition) is 3. The number of carbonyl (C=O) groups is 1. The van der Waals surface area contributed by atoms with Gasteiger partial charge in [0.05, 0.1) is 4.90 Å². The Morgan fingerprint density at radius 1 is 1.32 bits per heavy atom. The van der Waals surface area contributed by atoms with Gasteiger partial charge in [0.25, 0.3) is 0 Å². The first-order valence-corrected chi connectivity index (χ1v) is 12.9. The van der Waals surface area contributed by atoms with Crippen LogP contribution >= 0.6 is 11.3 Å². The summed E-state index contributed by atoms with van der Waals surface area (Å²) in [6, 6.07) is 4.31. The summed E-state index contributed by atoms with van der Waals surface area (Å²) >= 11 is 1.36. The van der Waals surface area contributed by atoms with Crippen molar-refractivity contribution in [3.05, 3.63) is 40.9 Å². The zero-order valence-corrected chi connectivity index (χ0v) is 19.1. The van der Waals surface area contributed by atoms with E-state index in [-0.39, 0.29) is 16.6 Å². The molecule has 4 rings (SSSR count). The second-order valence-corrected chi connectivity index (χ2v) is 10.9. The summed E-state index contributed by atoms with van der Waals surface area (Å²) < 4.78 is 26.7. The molecule has 0 spiro atoms. The molecule has 2 aromatic rings. The Bertz CT molecular complexity index is 1060. The molecule has 1 atom stereocenters. The molecule has 8 nitrogen and oxygen atoms in total. The smallest absolute Gasteiger partial charge is 0.248 e. The van der Waals surface area contributed by atoms with Crippen molar-refractivity contribution >= 4 is 38.2 Å². The number of nitrogens with zero attached hydrogens (tertiary/aromatic N) is 2. The largest absolute Gasteiger partial charge is 0.340 e.